The summed E-state index contributed by atoms with van der Waals surface area (Å²) in [5, 5.41) is 11.9. The molecule has 0 saturated carbocycles. The molecule has 7 heteroatoms. The quantitative estimate of drug-likeness (QED) is 0.696. The number of aromatic carboxylic acids is 1. The Morgan fingerprint density at radius 2 is 1.93 bits per heavy atom. The fourth-order valence-electron chi connectivity index (χ4n) is 2.66. The van der Waals surface area contributed by atoms with Gasteiger partial charge in [0.1, 0.15) is 22.1 Å². The number of carbonyl (C=O) groups excluding carboxylic acids is 1. The highest BCUT2D eigenvalue weighted by atomic mass is 32.1. The van der Waals surface area contributed by atoms with Crippen molar-refractivity contribution in [1.29, 1.82) is 0 Å². The van der Waals surface area contributed by atoms with Crippen molar-refractivity contribution in [2.24, 2.45) is 0 Å². The van der Waals surface area contributed by atoms with E-state index in [0.717, 1.165) is 10.6 Å². The summed E-state index contributed by atoms with van der Waals surface area (Å²) in [5.74, 6) is -0.371. The van der Waals surface area contributed by atoms with E-state index in [0.29, 0.717) is 17.2 Å². The molecule has 0 saturated heterocycles. The molecule has 0 radical (unpaired) electrons. The summed E-state index contributed by atoms with van der Waals surface area (Å²) in [4.78, 5) is 29.6. The van der Waals surface area contributed by atoms with Crippen molar-refractivity contribution in [3.05, 3.63) is 64.1 Å². The molecular formula is C20H20N2O4S. The van der Waals surface area contributed by atoms with Crippen LogP contribution in [0.2, 0.25) is 0 Å². The van der Waals surface area contributed by atoms with Gasteiger partial charge in [-0.15, -0.1) is 11.3 Å². The Morgan fingerprint density at radius 3 is 2.56 bits per heavy atom. The maximum Gasteiger partial charge on any atom is 0.339 e. The molecule has 1 aromatic carbocycles. The number of aromatic nitrogens is 1. The van der Waals surface area contributed by atoms with Crippen LogP contribution in [0.1, 0.15) is 33.1 Å². The molecular weight excluding hydrogens is 364 g/mol. The van der Waals surface area contributed by atoms with E-state index in [2.05, 4.69) is 4.98 Å². The summed E-state index contributed by atoms with van der Waals surface area (Å²) in [6, 6.07) is 9.56. The Bertz CT molecular complexity index is 972. The molecule has 27 heavy (non-hydrogen) atoms. The predicted octanol–water partition coefficient (Wildman–Crippen LogP) is 3.92. The summed E-state index contributed by atoms with van der Waals surface area (Å²) in [6.45, 7) is 3.84. The van der Waals surface area contributed by atoms with Crippen molar-refractivity contribution in [3.63, 3.8) is 0 Å². The number of furan rings is 1. The third-order valence-electron chi connectivity index (χ3n) is 4.20. The molecule has 0 bridgehead atoms. The number of aryl methyl sites for hydroxylation is 2. The van der Waals surface area contributed by atoms with E-state index in [1.165, 1.54) is 27.9 Å². The number of rotatable bonds is 6. The second kappa shape index (κ2) is 7.75. The van der Waals surface area contributed by atoms with Gasteiger partial charge in [-0.05, 0) is 19.9 Å². The number of carboxylic acid groups (broad SMARTS) is 1. The molecule has 6 nitrogen and oxygen atoms in total. The van der Waals surface area contributed by atoms with Gasteiger partial charge in [0.05, 0.1) is 18.7 Å². The number of thiazole rings is 1. The molecule has 3 rings (SSSR count). The topological polar surface area (TPSA) is 83.6 Å². The number of hydrogen-bond acceptors (Lipinski definition) is 5. The van der Waals surface area contributed by atoms with Gasteiger partial charge in [-0.25, -0.2) is 9.78 Å². The molecule has 140 valence electrons. The van der Waals surface area contributed by atoms with Crippen LogP contribution >= 0.6 is 11.3 Å². The Morgan fingerprint density at radius 1 is 1.22 bits per heavy atom. The van der Waals surface area contributed by atoms with Crippen molar-refractivity contribution in [2.45, 2.75) is 26.8 Å². The molecule has 0 unspecified atom stereocenters. The molecule has 2 heterocycles. The average molecular weight is 384 g/mol. The number of carbonyl (C=O) groups is 2. The van der Waals surface area contributed by atoms with E-state index in [1.54, 1.807) is 14.0 Å². The molecule has 0 spiro atoms. The minimum absolute atomic E-state index is 0.110. The normalized spacial score (nSPS) is 10.8. The highest BCUT2D eigenvalue weighted by molar-refractivity contribution is 7.13. The smallest absolute Gasteiger partial charge is 0.339 e. The van der Waals surface area contributed by atoms with Crippen LogP contribution < -0.4 is 0 Å². The zero-order valence-electron chi connectivity index (χ0n) is 15.4. The number of hydrogen-bond donors (Lipinski definition) is 1. The second-order valence-corrected chi connectivity index (χ2v) is 7.28. The number of likely N-dealkylation sites (N-methyl/N-ethyl adjacent to an activating group) is 1. The van der Waals surface area contributed by atoms with Crippen LogP contribution in [0.3, 0.4) is 0 Å². The highest BCUT2D eigenvalue weighted by Crippen LogP contribution is 2.24. The van der Waals surface area contributed by atoms with Gasteiger partial charge in [-0.3, -0.25) is 4.79 Å². The maximum atomic E-state index is 12.5. The summed E-state index contributed by atoms with van der Waals surface area (Å²) in [5.41, 5.74) is 3.05. The van der Waals surface area contributed by atoms with Gasteiger partial charge in [0.15, 0.2) is 0 Å². The van der Waals surface area contributed by atoms with Gasteiger partial charge < -0.3 is 14.4 Å². The van der Waals surface area contributed by atoms with Crippen LogP contribution in [0.5, 0.6) is 0 Å². The lowest BCUT2D eigenvalue weighted by molar-refractivity contribution is -0.130. The number of benzene rings is 1. The molecule has 0 aliphatic heterocycles. The van der Waals surface area contributed by atoms with Crippen LogP contribution in [0, 0.1) is 13.8 Å². The lowest BCUT2D eigenvalue weighted by atomic mass is 10.2. The van der Waals surface area contributed by atoms with Gasteiger partial charge >= 0.3 is 5.97 Å². The fourth-order valence-corrected chi connectivity index (χ4v) is 3.49. The lowest BCUT2D eigenvalue weighted by Gasteiger charge is -2.14. The van der Waals surface area contributed by atoms with Gasteiger partial charge in [0.2, 0.25) is 5.91 Å². The molecule has 3 aromatic rings. The second-order valence-electron chi connectivity index (χ2n) is 6.42. The average Bonchev–Trinajstić information content (AvgIpc) is 3.22. The van der Waals surface area contributed by atoms with E-state index in [4.69, 9.17) is 9.52 Å². The van der Waals surface area contributed by atoms with Crippen molar-refractivity contribution in [3.8, 4) is 10.6 Å². The Hall–Kier alpha value is -2.93. The minimum Gasteiger partial charge on any atom is -0.478 e. The van der Waals surface area contributed by atoms with Gasteiger partial charge in [-0.1, -0.05) is 29.8 Å². The van der Waals surface area contributed by atoms with Crippen LogP contribution in [0.25, 0.3) is 10.6 Å². The summed E-state index contributed by atoms with van der Waals surface area (Å²) < 4.78 is 5.43. The summed E-state index contributed by atoms with van der Waals surface area (Å²) in [6.07, 6.45) is 0.185. The largest absolute Gasteiger partial charge is 0.478 e. The molecule has 1 N–H and O–H groups in total. The van der Waals surface area contributed by atoms with Crippen LogP contribution in [-0.2, 0) is 17.8 Å². The van der Waals surface area contributed by atoms with Crippen LogP contribution in [-0.4, -0.2) is 33.9 Å². The SMILES string of the molecule is Cc1ccc(-c2nc(CC(=O)N(C)Cc3cc(C(=O)O)c(C)o3)cs2)cc1. The lowest BCUT2D eigenvalue weighted by Crippen LogP contribution is -2.27. The highest BCUT2D eigenvalue weighted by Gasteiger charge is 2.18. The predicted molar refractivity (Wildman–Crippen MR) is 103 cm³/mol. The maximum absolute atomic E-state index is 12.5. The van der Waals surface area contributed by atoms with Crippen LogP contribution in [0.15, 0.2) is 40.1 Å². The minimum atomic E-state index is -1.04. The Balaban J connectivity index is 1.64. The van der Waals surface area contributed by atoms with Gasteiger partial charge in [0.25, 0.3) is 0 Å². The number of nitrogens with zero attached hydrogens (tertiary/aromatic N) is 2. The Labute approximate surface area is 161 Å². The van der Waals surface area contributed by atoms with Crippen molar-refractivity contribution >= 4 is 23.2 Å². The molecule has 0 aliphatic rings. The van der Waals surface area contributed by atoms with E-state index in [9.17, 15) is 9.59 Å². The first kappa shape index (κ1) is 18.8. The summed E-state index contributed by atoms with van der Waals surface area (Å²) >= 11 is 1.51. The zero-order valence-corrected chi connectivity index (χ0v) is 16.2. The first-order valence-corrected chi connectivity index (χ1v) is 9.29. The van der Waals surface area contributed by atoms with E-state index in [1.807, 2.05) is 36.6 Å². The first-order valence-electron chi connectivity index (χ1n) is 8.41. The van der Waals surface area contributed by atoms with Gasteiger partial charge in [0, 0.05) is 18.0 Å². The van der Waals surface area contributed by atoms with Gasteiger partial charge in [-0.2, -0.15) is 0 Å². The third-order valence-corrected chi connectivity index (χ3v) is 5.14. The van der Waals surface area contributed by atoms with Crippen molar-refractivity contribution in [2.75, 3.05) is 7.05 Å². The van der Waals surface area contributed by atoms with Crippen molar-refractivity contribution < 1.29 is 19.1 Å². The standard InChI is InChI=1S/C20H20N2O4S/c1-12-4-6-14(7-5-12)19-21-15(11-27-19)8-18(23)22(3)10-16-9-17(20(24)25)13(2)26-16/h4-7,9,11H,8,10H2,1-3H3,(H,24,25). The molecule has 0 atom stereocenters. The van der Waals surface area contributed by atoms with E-state index >= 15 is 0 Å². The molecule has 0 aliphatic carbocycles. The number of carboxylic acids is 1. The third kappa shape index (κ3) is 4.43. The molecule has 0 fully saturated rings. The first-order chi connectivity index (χ1) is 12.8. The Kier molecular flexibility index (Phi) is 5.41. The molecule has 2 aromatic heterocycles. The van der Waals surface area contributed by atoms with E-state index < -0.39 is 5.97 Å². The summed E-state index contributed by atoms with van der Waals surface area (Å²) in [7, 11) is 1.66. The van der Waals surface area contributed by atoms with E-state index in [-0.39, 0.29) is 24.4 Å². The fraction of sp³-hybridized carbons (Fsp3) is 0.250. The van der Waals surface area contributed by atoms with Crippen molar-refractivity contribution in [1.82, 2.24) is 9.88 Å². The monoisotopic (exact) mass is 384 g/mol. The van der Waals surface area contributed by atoms with Crippen LogP contribution in [0.4, 0.5) is 0 Å². The number of amides is 1. The molecule has 1 amide bonds. The zero-order chi connectivity index (χ0) is 19.6.